The molecule has 0 aliphatic heterocycles. The number of carbonyl (C=O) groups is 10. The van der Waals surface area contributed by atoms with E-state index >= 15 is 0 Å². The Kier molecular flexibility index (Phi) is 31.8. The molecule has 9 amide bonds. The minimum Gasteiger partial charge on any atom is -0.508 e. The number of hydrogen-bond donors (Lipinski definition) is 20. The fraction of sp³-hybridized carbons (Fsp3) is 0.481. The van der Waals surface area contributed by atoms with Crippen molar-refractivity contribution >= 4 is 77.0 Å². The highest BCUT2D eigenvalue weighted by Gasteiger charge is 2.35. The molecule has 0 bridgehead atoms. The van der Waals surface area contributed by atoms with Gasteiger partial charge in [0.25, 0.3) is 0 Å². The fourth-order valence-corrected chi connectivity index (χ4v) is 8.52. The summed E-state index contributed by atoms with van der Waals surface area (Å²) in [5.74, 6) is -10.7. The maximum Gasteiger partial charge on any atom is 0.326 e. The third-order valence-electron chi connectivity index (χ3n) is 13.0. The van der Waals surface area contributed by atoms with Crippen LogP contribution in [-0.2, 0) is 67.2 Å². The Morgan fingerprint density at radius 2 is 0.943 bits per heavy atom. The number of imidazole rings is 1. The van der Waals surface area contributed by atoms with Gasteiger partial charge in [-0.05, 0) is 94.0 Å². The lowest BCUT2D eigenvalue weighted by Gasteiger charge is -2.27. The quantitative estimate of drug-likeness (QED) is 0.0143. The molecule has 3 aromatic rings. The number of primary amides is 1. The number of carboxylic acid groups (broad SMARTS) is 1. The van der Waals surface area contributed by atoms with Crippen molar-refractivity contribution in [1.29, 1.82) is 0 Å². The van der Waals surface area contributed by atoms with E-state index in [9.17, 15) is 58.2 Å². The SMILES string of the molecule is NCCCC[C@H](NC(=O)[C@H](CCCN=C(N)N)NC(=O)[C@H](CC(N)=O)NC(=O)[C@H](CCCN=C(N)N)NC(=O)[C@H](Cc1cnc[nH]1)NC(=O)[C@H](CCCN=C(N)N)NC(=O)[C@@H](N)Cc1ccccc1)C(=O)NCC(=O)N[C@@H](Cc1ccc(O)cc1)C(=O)O. The average Bonchev–Trinajstić information content (AvgIpc) is 4.12. The monoisotopic (exact) mass is 1230 g/mol. The molecule has 0 saturated carbocycles. The van der Waals surface area contributed by atoms with Crippen LogP contribution in [0.2, 0.25) is 0 Å². The largest absolute Gasteiger partial charge is 0.508 e. The van der Waals surface area contributed by atoms with Crippen LogP contribution in [-0.4, -0.2) is 178 Å². The van der Waals surface area contributed by atoms with Gasteiger partial charge in [0.2, 0.25) is 53.2 Å². The molecule has 0 radical (unpaired) electrons. The van der Waals surface area contributed by atoms with E-state index in [1.54, 1.807) is 30.3 Å². The Bertz CT molecular complexity index is 2850. The molecule has 34 nitrogen and oxygen atoms in total. The number of aliphatic carboxylic acids is 1. The number of phenols is 1. The lowest BCUT2D eigenvalue weighted by molar-refractivity contribution is -0.141. The molecule has 3 rings (SSSR count). The lowest BCUT2D eigenvalue weighted by Crippen LogP contribution is -2.60. The highest BCUT2D eigenvalue weighted by molar-refractivity contribution is 5.99. The minimum absolute atomic E-state index is 0.0280. The number of carboxylic acids is 1. The number of H-pyrrole nitrogens is 1. The van der Waals surface area contributed by atoms with Crippen LogP contribution in [0.5, 0.6) is 5.75 Å². The molecule has 29 N–H and O–H groups in total. The molecule has 1 aromatic heterocycles. The van der Waals surface area contributed by atoms with E-state index in [0.29, 0.717) is 17.7 Å². The van der Waals surface area contributed by atoms with Gasteiger partial charge in [0.05, 0.1) is 25.3 Å². The lowest BCUT2D eigenvalue weighted by atomic mass is 10.0. The second-order valence-electron chi connectivity index (χ2n) is 20.3. The summed E-state index contributed by atoms with van der Waals surface area (Å²) < 4.78 is 0. The first-order valence-electron chi connectivity index (χ1n) is 28.2. The molecule has 0 fully saturated rings. The van der Waals surface area contributed by atoms with E-state index in [4.69, 9.17) is 51.6 Å². The van der Waals surface area contributed by atoms with Crippen LogP contribution in [0.4, 0.5) is 0 Å². The molecule has 8 atom stereocenters. The van der Waals surface area contributed by atoms with Gasteiger partial charge in [-0.3, -0.25) is 58.1 Å². The zero-order valence-corrected chi connectivity index (χ0v) is 48.7. The normalized spacial score (nSPS) is 13.5. The minimum atomic E-state index is -1.84. The maximum atomic E-state index is 14.5. The predicted molar refractivity (Wildman–Crippen MR) is 323 cm³/mol. The van der Waals surface area contributed by atoms with Crippen molar-refractivity contribution in [2.75, 3.05) is 32.7 Å². The van der Waals surface area contributed by atoms with Gasteiger partial charge in [0.1, 0.15) is 48.0 Å². The van der Waals surface area contributed by atoms with Gasteiger partial charge < -0.3 is 109 Å². The molecule has 0 saturated heterocycles. The molecular weight excluding hydrogens is 1150 g/mol. The van der Waals surface area contributed by atoms with Crippen LogP contribution in [0, 0.1) is 0 Å². The van der Waals surface area contributed by atoms with Gasteiger partial charge in [0.15, 0.2) is 17.9 Å². The van der Waals surface area contributed by atoms with Crippen LogP contribution in [0.25, 0.3) is 0 Å². The fourth-order valence-electron chi connectivity index (χ4n) is 8.52. The topological polar surface area (TPSA) is 607 Å². The van der Waals surface area contributed by atoms with Crippen molar-refractivity contribution < 1.29 is 58.2 Å². The maximum absolute atomic E-state index is 14.5. The number of guanidine groups is 3. The zero-order chi connectivity index (χ0) is 65.1. The number of nitrogens with zero attached hydrogens (tertiary/aromatic N) is 4. The first-order chi connectivity index (χ1) is 41.8. The van der Waals surface area contributed by atoms with Crippen LogP contribution in [0.15, 0.2) is 82.1 Å². The molecule has 0 aliphatic carbocycles. The summed E-state index contributed by atoms with van der Waals surface area (Å²) in [6, 6.07) is 2.90. The number of carbonyl (C=O) groups excluding carboxylic acids is 9. The van der Waals surface area contributed by atoms with Crippen LogP contribution >= 0.6 is 0 Å². The number of benzene rings is 2. The van der Waals surface area contributed by atoms with Gasteiger partial charge in [-0.15, -0.1) is 0 Å². The second-order valence-corrected chi connectivity index (χ2v) is 20.3. The molecule has 2 aromatic carbocycles. The summed E-state index contributed by atoms with van der Waals surface area (Å²) in [6.45, 7) is -0.559. The molecule has 0 aliphatic rings. The summed E-state index contributed by atoms with van der Waals surface area (Å²) in [7, 11) is 0. The Hall–Kier alpha value is -10.1. The Morgan fingerprint density at radius 1 is 0.500 bits per heavy atom. The molecule has 0 unspecified atom stereocenters. The molecule has 0 spiro atoms. The molecule has 482 valence electrons. The number of rotatable bonds is 41. The van der Waals surface area contributed by atoms with Crippen LogP contribution in [0.3, 0.4) is 0 Å². The van der Waals surface area contributed by atoms with E-state index in [2.05, 4.69) is 67.5 Å². The van der Waals surface area contributed by atoms with E-state index in [1.165, 1.54) is 36.8 Å². The van der Waals surface area contributed by atoms with Crippen molar-refractivity contribution in [3.05, 3.63) is 83.9 Å². The van der Waals surface area contributed by atoms with E-state index in [0.717, 1.165) is 5.56 Å². The summed E-state index contributed by atoms with van der Waals surface area (Å²) in [5, 5.41) is 39.5. The van der Waals surface area contributed by atoms with Crippen molar-refractivity contribution in [2.45, 2.75) is 132 Å². The number of aromatic amines is 1. The van der Waals surface area contributed by atoms with E-state index < -0.39 is 120 Å². The number of nitrogens with one attached hydrogen (secondary N) is 9. The first kappa shape index (κ1) is 72.1. The van der Waals surface area contributed by atoms with Gasteiger partial charge in [-0.1, -0.05) is 42.5 Å². The van der Waals surface area contributed by atoms with Crippen molar-refractivity contribution in [3.63, 3.8) is 0 Å². The number of aromatic nitrogens is 2. The third kappa shape index (κ3) is 28.6. The second kappa shape index (κ2) is 38.8. The molecule has 88 heavy (non-hydrogen) atoms. The van der Waals surface area contributed by atoms with Gasteiger partial charge in [-0.25, -0.2) is 9.78 Å². The van der Waals surface area contributed by atoms with Gasteiger partial charge in [-0.2, -0.15) is 0 Å². The molecule has 34 heteroatoms. The number of unbranched alkanes of at least 4 members (excludes halogenated alkanes) is 1. The number of aromatic hydroxyl groups is 1. The zero-order valence-electron chi connectivity index (χ0n) is 48.7. The average molecular weight is 1230 g/mol. The summed E-state index contributed by atoms with van der Waals surface area (Å²) in [4.78, 5) is 155. The highest BCUT2D eigenvalue weighted by Crippen LogP contribution is 2.13. The number of hydrogen-bond acceptors (Lipinski definition) is 17. The van der Waals surface area contributed by atoms with Gasteiger partial charge in [0, 0.05) is 44.4 Å². The summed E-state index contributed by atoms with van der Waals surface area (Å²) >= 11 is 0. The number of aliphatic imine (C=N–C) groups is 3. The smallest absolute Gasteiger partial charge is 0.326 e. The van der Waals surface area contributed by atoms with Crippen LogP contribution in [0.1, 0.15) is 81.0 Å². The summed E-state index contributed by atoms with van der Waals surface area (Å²) in [6.07, 6.45) is 1.99. The summed E-state index contributed by atoms with van der Waals surface area (Å²) in [5.41, 5.74) is 52.3. The van der Waals surface area contributed by atoms with Crippen molar-refractivity contribution in [1.82, 2.24) is 52.5 Å². The Balaban J connectivity index is 1.92. The Morgan fingerprint density at radius 3 is 1.41 bits per heavy atom. The number of phenolic OH excluding ortho intramolecular Hbond substituents is 1. The van der Waals surface area contributed by atoms with Crippen molar-refractivity contribution in [3.8, 4) is 5.75 Å². The highest BCUT2D eigenvalue weighted by atomic mass is 16.4. The van der Waals surface area contributed by atoms with Crippen molar-refractivity contribution in [2.24, 2.45) is 66.6 Å². The third-order valence-corrected chi connectivity index (χ3v) is 13.0. The first-order valence-corrected chi connectivity index (χ1v) is 28.2. The molecular formula is C54H84N22O12. The van der Waals surface area contributed by atoms with Crippen LogP contribution < -0.4 is 94.1 Å². The predicted octanol–water partition coefficient (Wildman–Crippen LogP) is -6.77. The van der Waals surface area contributed by atoms with E-state index in [-0.39, 0.29) is 120 Å². The van der Waals surface area contributed by atoms with Gasteiger partial charge >= 0.3 is 5.97 Å². The number of amides is 9. The standard InChI is InChI=1S/C54H84N22O12/c55-19-5-4-11-35(45(81)68-28-43(79)70-41(51(87)88)24-31-15-17-33(77)18-16-31)72-46(82)37(13-7-21-66-53(60)61)74-50(86)40(26-42(57)78)76-48(84)38(14-8-22-67-54(62)63)73-49(85)39(25-32-27-64-29-69-32)75-47(83)36(12-6-20-65-52(58)59)71-44(80)34(56)23-30-9-2-1-3-10-30/h1-3,9-10,15-18,27,29,34-41,77H,4-8,11-14,19-26,28,55-56H2,(H2,57,78)(H,64,69)(H,68,81)(H,70,79)(H,71,80)(H,72,82)(H,73,85)(H,74,86)(H,75,83)(H,76,84)(H,87,88)(H4,58,59,65)(H4,60,61,66)(H4,62,63,67)/t34-,35-,36-,37-,38-,39-,40-,41-/m0/s1. The Labute approximate surface area is 507 Å². The number of nitrogens with two attached hydrogens (primary N) is 9. The molecule has 1 heterocycles. The van der Waals surface area contributed by atoms with E-state index in [1.807, 2.05) is 0 Å².